The number of carbonyl (C=O) groups excluding carboxylic acids is 1. The first-order valence-corrected chi connectivity index (χ1v) is 8.57. The van der Waals surface area contributed by atoms with Gasteiger partial charge in [0.2, 0.25) is 0 Å². The maximum Gasteiger partial charge on any atom is 0.262 e. The van der Waals surface area contributed by atoms with Crippen LogP contribution in [0.4, 0.5) is 11.4 Å². The monoisotopic (exact) mass is 340 g/mol. The predicted molar refractivity (Wildman–Crippen MR) is 99.2 cm³/mol. The van der Waals surface area contributed by atoms with Crippen molar-refractivity contribution >= 4 is 17.3 Å². The van der Waals surface area contributed by atoms with Crippen molar-refractivity contribution in [1.82, 2.24) is 0 Å². The highest BCUT2D eigenvalue weighted by Gasteiger charge is 2.25. The minimum atomic E-state index is -0.176. The number of ether oxygens (including phenoxy) is 2. The summed E-state index contributed by atoms with van der Waals surface area (Å²) in [5, 5.41) is 2.86. The van der Waals surface area contributed by atoms with Crippen molar-refractivity contribution in [2.75, 3.05) is 30.0 Å². The van der Waals surface area contributed by atoms with E-state index >= 15 is 0 Å². The van der Waals surface area contributed by atoms with Crippen LogP contribution in [-0.2, 0) is 9.53 Å². The highest BCUT2D eigenvalue weighted by atomic mass is 16.5. The molecule has 0 radical (unpaired) electrons. The average molecular weight is 340 g/mol. The molecule has 2 unspecified atom stereocenters. The molecule has 5 nitrogen and oxygen atoms in total. The summed E-state index contributed by atoms with van der Waals surface area (Å²) in [6, 6.07) is 17.9. The van der Waals surface area contributed by atoms with Crippen LogP contribution in [0.25, 0.3) is 0 Å². The third-order valence-corrected chi connectivity index (χ3v) is 4.23. The lowest BCUT2D eigenvalue weighted by molar-refractivity contribution is -0.118. The zero-order valence-corrected chi connectivity index (χ0v) is 14.6. The third-order valence-electron chi connectivity index (χ3n) is 4.23. The van der Waals surface area contributed by atoms with Gasteiger partial charge in [-0.15, -0.1) is 0 Å². The number of morpholine rings is 1. The Bertz CT molecular complexity index is 678. The van der Waals surface area contributed by atoms with Crippen molar-refractivity contribution in [1.29, 1.82) is 0 Å². The van der Waals surface area contributed by atoms with Crippen molar-refractivity contribution in [3.8, 4) is 5.75 Å². The molecule has 3 rings (SSSR count). The van der Waals surface area contributed by atoms with Crippen LogP contribution in [-0.4, -0.2) is 37.8 Å². The number of nitrogens with one attached hydrogen (secondary N) is 1. The molecule has 2 atom stereocenters. The molecule has 1 N–H and O–H groups in total. The zero-order valence-electron chi connectivity index (χ0n) is 14.6. The van der Waals surface area contributed by atoms with E-state index < -0.39 is 0 Å². The number of benzene rings is 2. The van der Waals surface area contributed by atoms with Crippen molar-refractivity contribution < 1.29 is 14.3 Å². The normalized spacial score (nSPS) is 20.2. The number of nitrogens with zero attached hydrogens (tertiary/aromatic N) is 1. The first-order chi connectivity index (χ1) is 12.1. The number of amides is 1. The van der Waals surface area contributed by atoms with E-state index in [1.54, 1.807) is 0 Å². The van der Waals surface area contributed by atoms with E-state index in [1.165, 1.54) is 0 Å². The minimum absolute atomic E-state index is 0.0106. The number of hydrogen-bond acceptors (Lipinski definition) is 4. The third kappa shape index (κ3) is 4.51. The molecule has 0 saturated carbocycles. The van der Waals surface area contributed by atoms with E-state index in [0.717, 1.165) is 24.6 Å². The van der Waals surface area contributed by atoms with Crippen LogP contribution < -0.4 is 15.0 Å². The summed E-state index contributed by atoms with van der Waals surface area (Å²) in [6.07, 6.45) is 0. The number of carbonyl (C=O) groups is 1. The lowest BCUT2D eigenvalue weighted by atomic mass is 10.1. The van der Waals surface area contributed by atoms with Gasteiger partial charge in [0, 0.05) is 23.5 Å². The summed E-state index contributed by atoms with van der Waals surface area (Å²) in [5.74, 6) is 0.507. The van der Waals surface area contributed by atoms with E-state index in [2.05, 4.69) is 24.1 Å². The van der Waals surface area contributed by atoms with E-state index in [-0.39, 0.29) is 12.5 Å². The van der Waals surface area contributed by atoms with Gasteiger partial charge in [0.1, 0.15) is 5.75 Å². The quantitative estimate of drug-likeness (QED) is 0.907. The van der Waals surface area contributed by atoms with Gasteiger partial charge in [0.05, 0.1) is 13.2 Å². The van der Waals surface area contributed by atoms with Crippen molar-refractivity contribution in [2.45, 2.75) is 25.9 Å². The van der Waals surface area contributed by atoms with E-state index in [4.69, 9.17) is 9.47 Å². The summed E-state index contributed by atoms with van der Waals surface area (Å²) < 4.78 is 11.0. The Morgan fingerprint density at radius 2 is 1.72 bits per heavy atom. The van der Waals surface area contributed by atoms with E-state index in [9.17, 15) is 4.79 Å². The van der Waals surface area contributed by atoms with Crippen LogP contribution in [0.1, 0.15) is 13.8 Å². The molecule has 1 saturated heterocycles. The van der Waals surface area contributed by atoms with Gasteiger partial charge in [0.15, 0.2) is 6.61 Å². The number of hydrogen-bond donors (Lipinski definition) is 1. The van der Waals surface area contributed by atoms with Gasteiger partial charge in [-0.1, -0.05) is 18.2 Å². The van der Waals surface area contributed by atoms with Gasteiger partial charge in [-0.3, -0.25) is 4.79 Å². The minimum Gasteiger partial charge on any atom is -0.484 e. The van der Waals surface area contributed by atoms with Crippen LogP contribution >= 0.6 is 0 Å². The van der Waals surface area contributed by atoms with Gasteiger partial charge in [-0.2, -0.15) is 0 Å². The summed E-state index contributed by atoms with van der Waals surface area (Å²) in [4.78, 5) is 14.4. The van der Waals surface area contributed by atoms with Gasteiger partial charge in [-0.05, 0) is 50.2 Å². The molecular weight excluding hydrogens is 316 g/mol. The molecule has 1 aliphatic heterocycles. The van der Waals surface area contributed by atoms with Crippen LogP contribution in [0.2, 0.25) is 0 Å². The molecule has 2 aromatic rings. The maximum absolute atomic E-state index is 12.0. The van der Waals surface area contributed by atoms with Crippen molar-refractivity contribution in [3.63, 3.8) is 0 Å². The van der Waals surface area contributed by atoms with E-state index in [0.29, 0.717) is 17.8 Å². The van der Waals surface area contributed by atoms with Gasteiger partial charge in [0.25, 0.3) is 5.91 Å². The first kappa shape index (κ1) is 17.3. The molecule has 0 bridgehead atoms. The Morgan fingerprint density at radius 3 is 2.36 bits per heavy atom. The summed E-state index contributed by atoms with van der Waals surface area (Å²) in [6.45, 7) is 5.78. The van der Waals surface area contributed by atoms with Gasteiger partial charge < -0.3 is 19.7 Å². The lowest BCUT2D eigenvalue weighted by Crippen LogP contribution is -2.49. The number of para-hydroxylation sites is 1. The van der Waals surface area contributed by atoms with Crippen LogP contribution in [0.15, 0.2) is 54.6 Å². The van der Waals surface area contributed by atoms with Crippen LogP contribution in [0.5, 0.6) is 5.75 Å². The fraction of sp³-hybridized carbons (Fsp3) is 0.350. The molecular formula is C20H24N2O3. The highest BCUT2D eigenvalue weighted by molar-refractivity contribution is 5.92. The van der Waals surface area contributed by atoms with Gasteiger partial charge in [-0.25, -0.2) is 0 Å². The molecule has 1 fully saturated rings. The smallest absolute Gasteiger partial charge is 0.262 e. The molecule has 1 amide bonds. The Hall–Kier alpha value is -2.53. The van der Waals surface area contributed by atoms with Crippen molar-refractivity contribution in [2.24, 2.45) is 0 Å². The van der Waals surface area contributed by atoms with Crippen LogP contribution in [0.3, 0.4) is 0 Å². The largest absolute Gasteiger partial charge is 0.484 e. The SMILES string of the molecule is CC1COCC(C)N1c1ccc(NC(=O)COc2ccccc2)cc1. The number of rotatable bonds is 5. The Balaban J connectivity index is 1.56. The number of anilines is 2. The molecule has 132 valence electrons. The molecule has 1 aliphatic rings. The fourth-order valence-corrected chi connectivity index (χ4v) is 3.09. The second kappa shape index (κ2) is 8.03. The summed E-state index contributed by atoms with van der Waals surface area (Å²) in [7, 11) is 0. The second-order valence-electron chi connectivity index (χ2n) is 6.34. The molecule has 2 aromatic carbocycles. The standard InChI is InChI=1S/C20H24N2O3/c1-15-12-24-13-16(2)22(15)18-10-8-17(9-11-18)21-20(23)14-25-19-6-4-3-5-7-19/h3-11,15-16H,12-14H2,1-2H3,(H,21,23). The van der Waals surface area contributed by atoms with E-state index in [1.807, 2.05) is 54.6 Å². The first-order valence-electron chi connectivity index (χ1n) is 8.57. The Kier molecular flexibility index (Phi) is 5.56. The summed E-state index contributed by atoms with van der Waals surface area (Å²) >= 11 is 0. The lowest BCUT2D eigenvalue weighted by Gasteiger charge is -2.40. The van der Waals surface area contributed by atoms with Crippen LogP contribution in [0, 0.1) is 0 Å². The maximum atomic E-state index is 12.0. The topological polar surface area (TPSA) is 50.8 Å². The molecule has 1 heterocycles. The predicted octanol–water partition coefficient (Wildman–Crippen LogP) is 3.32. The Labute approximate surface area is 148 Å². The second-order valence-corrected chi connectivity index (χ2v) is 6.34. The van der Waals surface area contributed by atoms with Gasteiger partial charge >= 0.3 is 0 Å². The molecule has 0 aromatic heterocycles. The zero-order chi connectivity index (χ0) is 17.6. The highest BCUT2D eigenvalue weighted by Crippen LogP contribution is 2.25. The molecule has 0 aliphatic carbocycles. The fourth-order valence-electron chi connectivity index (χ4n) is 3.09. The Morgan fingerprint density at radius 1 is 1.08 bits per heavy atom. The molecule has 5 heteroatoms. The summed E-state index contributed by atoms with van der Waals surface area (Å²) in [5.41, 5.74) is 1.90. The molecule has 25 heavy (non-hydrogen) atoms. The molecule has 0 spiro atoms. The van der Waals surface area contributed by atoms with Crippen molar-refractivity contribution in [3.05, 3.63) is 54.6 Å². The average Bonchev–Trinajstić information content (AvgIpc) is 2.62.